The Hall–Kier alpha value is -0.420. The van der Waals surface area contributed by atoms with Crippen molar-refractivity contribution in [3.63, 3.8) is 0 Å². The van der Waals surface area contributed by atoms with Crippen molar-refractivity contribution in [2.45, 2.75) is 38.5 Å². The van der Waals surface area contributed by atoms with Crippen molar-refractivity contribution in [1.29, 1.82) is 0 Å². The van der Waals surface area contributed by atoms with Gasteiger partial charge in [0.05, 0.1) is 5.75 Å². The van der Waals surface area contributed by atoms with Gasteiger partial charge in [0, 0.05) is 6.42 Å². The predicted octanol–water partition coefficient (Wildman–Crippen LogP) is 1.32. The summed E-state index contributed by atoms with van der Waals surface area (Å²) in [5.41, 5.74) is 0. The molecule has 0 fully saturated rings. The highest BCUT2D eigenvalue weighted by Gasteiger charge is 2.02. The molecule has 0 aromatic heterocycles. The molecular formula is C8H15O4S. The number of rotatable bonds is 8. The van der Waals surface area contributed by atoms with Crippen molar-refractivity contribution in [2.75, 3.05) is 5.75 Å². The van der Waals surface area contributed by atoms with Crippen molar-refractivity contribution >= 4 is 16.4 Å². The van der Waals surface area contributed by atoms with Gasteiger partial charge in [-0.15, -0.1) is 0 Å². The first-order valence-electron chi connectivity index (χ1n) is 4.36. The zero-order chi connectivity index (χ0) is 10.2. The van der Waals surface area contributed by atoms with Crippen LogP contribution < -0.4 is 0 Å². The predicted molar refractivity (Wildman–Crippen MR) is 49.8 cm³/mol. The first kappa shape index (κ1) is 12.6. The van der Waals surface area contributed by atoms with Crippen LogP contribution in [0.3, 0.4) is 0 Å². The fourth-order valence-corrected chi connectivity index (χ4v) is 1.58. The number of unbranched alkanes of at least 4 members (excludes halogenated alkanes) is 5. The maximum Gasteiger partial charge on any atom is 0.264 e. The first-order chi connectivity index (χ1) is 6.06. The van der Waals surface area contributed by atoms with Crippen LogP contribution in [0.2, 0.25) is 0 Å². The van der Waals surface area contributed by atoms with E-state index >= 15 is 0 Å². The minimum absolute atomic E-state index is 0.160. The lowest BCUT2D eigenvalue weighted by atomic mass is 10.1. The van der Waals surface area contributed by atoms with Gasteiger partial charge in [-0.3, -0.25) is 9.35 Å². The molecule has 0 saturated carbocycles. The standard InChI is InChI=1S/C8H15O4S/c9-7-5-3-1-2-4-6-8-13(10,11)12/h1-6,8H2,(H,10,11,12). The molecule has 5 heteroatoms. The van der Waals surface area contributed by atoms with Crippen molar-refractivity contribution < 1.29 is 17.8 Å². The summed E-state index contributed by atoms with van der Waals surface area (Å²) in [6.45, 7) is 0. The maximum absolute atomic E-state index is 10.3. The molecule has 0 unspecified atom stereocenters. The summed E-state index contributed by atoms with van der Waals surface area (Å²) < 4.78 is 28.9. The summed E-state index contributed by atoms with van der Waals surface area (Å²) >= 11 is 0. The molecule has 0 aromatic rings. The van der Waals surface area contributed by atoms with E-state index in [1.165, 1.54) is 0 Å². The topological polar surface area (TPSA) is 71.4 Å². The van der Waals surface area contributed by atoms with Crippen LogP contribution >= 0.6 is 0 Å². The number of hydrogen-bond acceptors (Lipinski definition) is 3. The summed E-state index contributed by atoms with van der Waals surface area (Å²) in [5, 5.41) is 0. The van der Waals surface area contributed by atoms with E-state index in [1.54, 1.807) is 6.29 Å². The molecule has 0 saturated heterocycles. The van der Waals surface area contributed by atoms with E-state index < -0.39 is 10.1 Å². The van der Waals surface area contributed by atoms with Gasteiger partial charge in [0.25, 0.3) is 10.1 Å². The molecule has 4 nitrogen and oxygen atoms in total. The molecule has 0 atom stereocenters. The highest BCUT2D eigenvalue weighted by atomic mass is 32.2. The molecule has 0 heterocycles. The van der Waals surface area contributed by atoms with Crippen LogP contribution in [-0.2, 0) is 14.9 Å². The van der Waals surface area contributed by atoms with Gasteiger partial charge in [-0.05, 0) is 12.8 Å². The quantitative estimate of drug-likeness (QED) is 0.481. The molecule has 0 amide bonds. The molecule has 13 heavy (non-hydrogen) atoms. The fourth-order valence-electron chi connectivity index (χ4n) is 1.01. The zero-order valence-electron chi connectivity index (χ0n) is 7.53. The molecule has 0 bridgehead atoms. The van der Waals surface area contributed by atoms with E-state index in [1.807, 2.05) is 0 Å². The van der Waals surface area contributed by atoms with Crippen LogP contribution in [0.5, 0.6) is 0 Å². The minimum atomic E-state index is -3.78. The monoisotopic (exact) mass is 207 g/mol. The summed E-state index contributed by atoms with van der Waals surface area (Å²) in [5.74, 6) is -0.160. The second-order valence-electron chi connectivity index (χ2n) is 2.95. The van der Waals surface area contributed by atoms with Crippen molar-refractivity contribution in [2.24, 2.45) is 0 Å². The Balaban J connectivity index is 3.13. The SMILES string of the molecule is O=[C]CCCCCCCS(=O)(=O)O. The van der Waals surface area contributed by atoms with E-state index in [0.29, 0.717) is 12.8 Å². The van der Waals surface area contributed by atoms with Gasteiger partial charge in [-0.2, -0.15) is 8.42 Å². The van der Waals surface area contributed by atoms with E-state index in [-0.39, 0.29) is 5.75 Å². The van der Waals surface area contributed by atoms with Crippen molar-refractivity contribution in [3.05, 3.63) is 0 Å². The lowest BCUT2D eigenvalue weighted by Crippen LogP contribution is -2.03. The Kier molecular flexibility index (Phi) is 6.80. The van der Waals surface area contributed by atoms with Crippen LogP contribution in [0.1, 0.15) is 38.5 Å². The van der Waals surface area contributed by atoms with Crippen LogP contribution in [0.15, 0.2) is 0 Å². The van der Waals surface area contributed by atoms with Gasteiger partial charge in [0.2, 0.25) is 0 Å². The van der Waals surface area contributed by atoms with Gasteiger partial charge in [-0.1, -0.05) is 19.3 Å². The number of hydrogen-bond donors (Lipinski definition) is 1. The molecule has 0 spiro atoms. The Morgan fingerprint density at radius 1 is 1.00 bits per heavy atom. The van der Waals surface area contributed by atoms with Gasteiger partial charge in [0.15, 0.2) is 6.29 Å². The molecule has 1 N–H and O–H groups in total. The lowest BCUT2D eigenvalue weighted by Gasteiger charge is -1.97. The zero-order valence-corrected chi connectivity index (χ0v) is 8.35. The second kappa shape index (κ2) is 7.03. The normalized spacial score (nSPS) is 11.5. The third kappa shape index (κ3) is 11.6. The Morgan fingerprint density at radius 2 is 1.54 bits per heavy atom. The summed E-state index contributed by atoms with van der Waals surface area (Å²) in [6, 6.07) is 0. The molecule has 0 aliphatic rings. The van der Waals surface area contributed by atoms with E-state index in [4.69, 9.17) is 4.55 Å². The van der Waals surface area contributed by atoms with Crippen LogP contribution in [0, 0.1) is 0 Å². The van der Waals surface area contributed by atoms with Crippen LogP contribution in [-0.4, -0.2) is 25.0 Å². The first-order valence-corrected chi connectivity index (χ1v) is 5.97. The van der Waals surface area contributed by atoms with E-state index in [9.17, 15) is 13.2 Å². The smallest absolute Gasteiger partial charge is 0.264 e. The fraction of sp³-hybridized carbons (Fsp3) is 0.875. The molecule has 77 valence electrons. The summed E-state index contributed by atoms with van der Waals surface area (Å²) in [6.07, 6.45) is 6.15. The number of carbonyl (C=O) groups excluding carboxylic acids is 1. The molecule has 0 aromatic carbocycles. The highest BCUT2D eigenvalue weighted by molar-refractivity contribution is 7.85. The van der Waals surface area contributed by atoms with Gasteiger partial charge < -0.3 is 0 Å². The molecule has 0 aliphatic heterocycles. The van der Waals surface area contributed by atoms with Gasteiger partial charge in [0.1, 0.15) is 0 Å². The van der Waals surface area contributed by atoms with Crippen LogP contribution in [0.25, 0.3) is 0 Å². The minimum Gasteiger partial charge on any atom is -0.291 e. The molecule has 1 radical (unpaired) electrons. The summed E-state index contributed by atoms with van der Waals surface area (Å²) in [4.78, 5) is 9.79. The largest absolute Gasteiger partial charge is 0.291 e. The summed E-state index contributed by atoms with van der Waals surface area (Å²) in [7, 11) is -3.78. The van der Waals surface area contributed by atoms with Crippen LogP contribution in [0.4, 0.5) is 0 Å². The van der Waals surface area contributed by atoms with E-state index in [2.05, 4.69) is 0 Å². The van der Waals surface area contributed by atoms with Gasteiger partial charge >= 0.3 is 0 Å². The third-order valence-electron chi connectivity index (χ3n) is 1.68. The average molecular weight is 207 g/mol. The Bertz CT molecular complexity index is 220. The maximum atomic E-state index is 10.3. The third-order valence-corrected chi connectivity index (χ3v) is 2.49. The highest BCUT2D eigenvalue weighted by Crippen LogP contribution is 2.05. The van der Waals surface area contributed by atoms with Crippen molar-refractivity contribution in [3.8, 4) is 0 Å². The second-order valence-corrected chi connectivity index (χ2v) is 4.52. The lowest BCUT2D eigenvalue weighted by molar-refractivity contribution is 0.479. The Morgan fingerprint density at radius 3 is 2.08 bits per heavy atom. The van der Waals surface area contributed by atoms with Gasteiger partial charge in [-0.25, -0.2) is 0 Å². The molecular weight excluding hydrogens is 192 g/mol. The molecule has 0 rings (SSSR count). The molecule has 0 aliphatic carbocycles. The average Bonchev–Trinajstić information content (AvgIpc) is 2.01. The Labute approximate surface area is 79.1 Å². The van der Waals surface area contributed by atoms with Crippen molar-refractivity contribution in [1.82, 2.24) is 0 Å². The van der Waals surface area contributed by atoms with E-state index in [0.717, 1.165) is 25.7 Å².